The van der Waals surface area contributed by atoms with E-state index < -0.39 is 0 Å². The normalized spacial score (nSPS) is 34.4. The number of hydrogen-bond donors (Lipinski definition) is 0. The zero-order chi connectivity index (χ0) is 7.56. The highest BCUT2D eigenvalue weighted by Gasteiger charge is 2.23. The van der Waals surface area contributed by atoms with Crippen molar-refractivity contribution in [2.75, 3.05) is 0 Å². The van der Waals surface area contributed by atoms with E-state index in [9.17, 15) is 4.79 Å². The number of carbonyl (C=O) groups excluding carboxylic acids is 1. The number of Topliss-reactive ketones (excluding diaryl/α,β-unsaturated/α-hetero) is 1. The summed E-state index contributed by atoms with van der Waals surface area (Å²) >= 11 is 0. The number of ketones is 1. The van der Waals surface area contributed by atoms with Crippen LogP contribution in [0.2, 0.25) is 0 Å². The van der Waals surface area contributed by atoms with Crippen molar-refractivity contribution >= 4 is 5.78 Å². The van der Waals surface area contributed by atoms with Crippen LogP contribution in [0.25, 0.3) is 0 Å². The largest absolute Gasteiger partial charge is 0.374 e. The molecule has 2 heteroatoms. The first kappa shape index (κ1) is 7.73. The number of carbonyl (C=O) groups is 1. The summed E-state index contributed by atoms with van der Waals surface area (Å²) in [6.07, 6.45) is 2.52. The molecule has 0 saturated carbocycles. The van der Waals surface area contributed by atoms with Crippen LogP contribution in [0.15, 0.2) is 0 Å². The van der Waals surface area contributed by atoms with Crippen molar-refractivity contribution in [1.29, 1.82) is 0 Å². The van der Waals surface area contributed by atoms with Gasteiger partial charge in [-0.3, -0.25) is 4.79 Å². The molecular formula is C8H14O2. The Morgan fingerprint density at radius 1 is 1.60 bits per heavy atom. The van der Waals surface area contributed by atoms with Gasteiger partial charge in [-0.15, -0.1) is 0 Å². The van der Waals surface area contributed by atoms with Crippen LogP contribution < -0.4 is 0 Å². The van der Waals surface area contributed by atoms with Crippen molar-refractivity contribution in [1.82, 2.24) is 0 Å². The highest BCUT2D eigenvalue weighted by molar-refractivity contribution is 5.79. The van der Waals surface area contributed by atoms with Crippen LogP contribution >= 0.6 is 0 Å². The minimum absolute atomic E-state index is 0.145. The minimum atomic E-state index is 0.145. The average molecular weight is 142 g/mol. The smallest absolute Gasteiger partial charge is 0.138 e. The number of ether oxygens (including phenoxy) is 1. The second-order valence-electron chi connectivity index (χ2n) is 2.92. The van der Waals surface area contributed by atoms with Crippen molar-refractivity contribution in [3.63, 3.8) is 0 Å². The van der Waals surface area contributed by atoms with Crippen molar-refractivity contribution in [2.45, 2.75) is 45.3 Å². The van der Waals surface area contributed by atoms with E-state index in [1.54, 1.807) is 0 Å². The third-order valence-electron chi connectivity index (χ3n) is 1.85. The highest BCUT2D eigenvalue weighted by Crippen LogP contribution is 2.17. The van der Waals surface area contributed by atoms with Gasteiger partial charge in [0.2, 0.25) is 0 Å². The molecule has 1 saturated heterocycles. The summed E-state index contributed by atoms with van der Waals surface area (Å²) in [4.78, 5) is 11.0. The molecule has 1 rings (SSSR count). The predicted octanol–water partition coefficient (Wildman–Crippen LogP) is 1.53. The summed E-state index contributed by atoms with van der Waals surface area (Å²) in [7, 11) is 0. The summed E-state index contributed by atoms with van der Waals surface area (Å²) < 4.78 is 5.48. The van der Waals surface area contributed by atoms with Gasteiger partial charge in [-0.25, -0.2) is 0 Å². The topological polar surface area (TPSA) is 26.3 Å². The van der Waals surface area contributed by atoms with Crippen LogP contribution in [0.1, 0.15) is 33.1 Å². The van der Waals surface area contributed by atoms with Gasteiger partial charge in [0.15, 0.2) is 0 Å². The maximum atomic E-state index is 11.0. The fourth-order valence-corrected chi connectivity index (χ4v) is 1.32. The van der Waals surface area contributed by atoms with Gasteiger partial charge in [0.25, 0.3) is 0 Å². The van der Waals surface area contributed by atoms with Gasteiger partial charge in [0.1, 0.15) is 5.78 Å². The Hall–Kier alpha value is -0.370. The maximum Gasteiger partial charge on any atom is 0.138 e. The Balaban J connectivity index is 2.42. The Bertz CT molecular complexity index is 131. The first-order valence-corrected chi connectivity index (χ1v) is 3.89. The van der Waals surface area contributed by atoms with Gasteiger partial charge < -0.3 is 4.74 Å². The summed E-state index contributed by atoms with van der Waals surface area (Å²) in [5.41, 5.74) is 0. The molecule has 0 spiro atoms. The third kappa shape index (κ3) is 1.81. The molecule has 1 aliphatic rings. The molecule has 0 radical (unpaired) electrons. The van der Waals surface area contributed by atoms with Gasteiger partial charge in [0.05, 0.1) is 12.2 Å². The molecule has 2 atom stereocenters. The molecule has 0 aliphatic carbocycles. The molecule has 0 amide bonds. The molecule has 0 bridgehead atoms. The molecule has 0 aromatic heterocycles. The molecule has 1 aliphatic heterocycles. The van der Waals surface area contributed by atoms with E-state index in [1.165, 1.54) is 0 Å². The van der Waals surface area contributed by atoms with Crippen LogP contribution in [0, 0.1) is 0 Å². The second kappa shape index (κ2) is 3.15. The lowest BCUT2D eigenvalue weighted by molar-refractivity contribution is -0.134. The highest BCUT2D eigenvalue weighted by atomic mass is 16.5. The Morgan fingerprint density at radius 2 is 2.30 bits per heavy atom. The first-order chi connectivity index (χ1) is 4.72. The molecule has 0 aromatic carbocycles. The van der Waals surface area contributed by atoms with E-state index in [2.05, 4.69) is 6.92 Å². The molecule has 0 aromatic rings. The summed E-state index contributed by atoms with van der Waals surface area (Å²) in [6, 6.07) is 0. The summed E-state index contributed by atoms with van der Waals surface area (Å²) in [5.74, 6) is 0.352. The zero-order valence-corrected chi connectivity index (χ0v) is 6.59. The monoisotopic (exact) mass is 142 g/mol. The Kier molecular flexibility index (Phi) is 2.44. The Morgan fingerprint density at radius 3 is 2.80 bits per heavy atom. The standard InChI is InChI=1S/C8H14O2/c1-3-8-5-7(9)4-6(2)10-8/h6,8H,3-5H2,1-2H3/t6-,8-/m1/s1. The van der Waals surface area contributed by atoms with Crippen molar-refractivity contribution in [3.8, 4) is 0 Å². The fraction of sp³-hybridized carbons (Fsp3) is 0.875. The minimum Gasteiger partial charge on any atom is -0.374 e. The van der Waals surface area contributed by atoms with Crippen molar-refractivity contribution < 1.29 is 9.53 Å². The molecule has 0 N–H and O–H groups in total. The first-order valence-electron chi connectivity index (χ1n) is 3.89. The van der Waals surface area contributed by atoms with E-state index >= 15 is 0 Å². The SMILES string of the molecule is CC[C@@H]1CC(=O)C[C@@H](C)O1. The van der Waals surface area contributed by atoms with Gasteiger partial charge in [-0.1, -0.05) is 6.92 Å². The van der Waals surface area contributed by atoms with E-state index in [1.807, 2.05) is 6.92 Å². The predicted molar refractivity (Wildman–Crippen MR) is 38.9 cm³/mol. The summed E-state index contributed by atoms with van der Waals surface area (Å²) in [6.45, 7) is 4.01. The van der Waals surface area contributed by atoms with Crippen LogP contribution in [0.5, 0.6) is 0 Å². The van der Waals surface area contributed by atoms with Gasteiger partial charge >= 0.3 is 0 Å². The van der Waals surface area contributed by atoms with Crippen molar-refractivity contribution in [3.05, 3.63) is 0 Å². The van der Waals surface area contributed by atoms with Gasteiger partial charge in [0, 0.05) is 12.8 Å². The molecule has 1 fully saturated rings. The lowest BCUT2D eigenvalue weighted by Gasteiger charge is -2.25. The third-order valence-corrected chi connectivity index (χ3v) is 1.85. The van der Waals surface area contributed by atoms with Gasteiger partial charge in [-0.05, 0) is 13.3 Å². The molecule has 1 heterocycles. The lowest BCUT2D eigenvalue weighted by atomic mass is 10.0. The zero-order valence-electron chi connectivity index (χ0n) is 6.59. The molecule has 58 valence electrons. The molecule has 0 unspecified atom stereocenters. The van der Waals surface area contributed by atoms with Crippen LogP contribution in [-0.2, 0) is 9.53 Å². The second-order valence-corrected chi connectivity index (χ2v) is 2.92. The van der Waals surface area contributed by atoms with Crippen LogP contribution in [0.3, 0.4) is 0 Å². The van der Waals surface area contributed by atoms with Crippen LogP contribution in [0.4, 0.5) is 0 Å². The van der Waals surface area contributed by atoms with Crippen molar-refractivity contribution in [2.24, 2.45) is 0 Å². The quantitative estimate of drug-likeness (QED) is 0.555. The van der Waals surface area contributed by atoms with E-state index in [0.717, 1.165) is 6.42 Å². The number of rotatable bonds is 1. The Labute approximate surface area is 61.6 Å². The number of hydrogen-bond acceptors (Lipinski definition) is 2. The molecular weight excluding hydrogens is 128 g/mol. The van der Waals surface area contributed by atoms with E-state index in [-0.39, 0.29) is 12.2 Å². The van der Waals surface area contributed by atoms with Crippen LogP contribution in [-0.4, -0.2) is 18.0 Å². The van der Waals surface area contributed by atoms with Gasteiger partial charge in [-0.2, -0.15) is 0 Å². The molecule has 2 nitrogen and oxygen atoms in total. The van der Waals surface area contributed by atoms with E-state index in [0.29, 0.717) is 18.6 Å². The average Bonchev–Trinajstić information content (AvgIpc) is 1.85. The summed E-state index contributed by atoms with van der Waals surface area (Å²) in [5, 5.41) is 0. The molecule has 10 heavy (non-hydrogen) atoms. The van der Waals surface area contributed by atoms with E-state index in [4.69, 9.17) is 4.74 Å². The fourth-order valence-electron chi connectivity index (χ4n) is 1.32. The lowest BCUT2D eigenvalue weighted by Crippen LogP contribution is -2.30. The maximum absolute atomic E-state index is 11.0.